The lowest BCUT2D eigenvalue weighted by molar-refractivity contribution is -0.349. The zero-order chi connectivity index (χ0) is 22.8. The fourth-order valence-electron chi connectivity index (χ4n) is 2.92. The molecule has 3 rings (SSSR count). The average molecular weight is 497 g/mol. The van der Waals surface area contributed by atoms with Crippen molar-refractivity contribution in [1.82, 2.24) is 10.2 Å². The number of nitrogens with one attached hydrogen (secondary N) is 1. The zero-order valence-corrected chi connectivity index (χ0v) is 18.5. The molecule has 0 bridgehead atoms. The number of nitrogens with zero attached hydrogens (tertiary/aromatic N) is 1. The molecule has 0 aromatic heterocycles. The molecule has 1 fully saturated rings. The third-order valence-corrected chi connectivity index (χ3v) is 6.30. The minimum atomic E-state index is -4.42. The normalized spacial score (nSPS) is 26.0. The van der Waals surface area contributed by atoms with E-state index in [0.717, 1.165) is 11.1 Å². The van der Waals surface area contributed by atoms with Crippen LogP contribution in [0.25, 0.3) is 0 Å². The minimum absolute atomic E-state index is 0.000362. The highest BCUT2D eigenvalue weighted by atomic mass is 35.5. The molecule has 31 heavy (non-hydrogen) atoms. The monoisotopic (exact) mass is 496 g/mol. The molecular weight excluding hydrogens is 478 g/mol. The zero-order valence-electron chi connectivity index (χ0n) is 16.1. The summed E-state index contributed by atoms with van der Waals surface area (Å²) in [4.78, 5) is 23.8. The predicted molar refractivity (Wildman–Crippen MR) is 107 cm³/mol. The van der Waals surface area contributed by atoms with Crippen molar-refractivity contribution in [2.24, 2.45) is 0 Å². The Bertz CT molecular complexity index is 942. The molecule has 0 spiro atoms. The van der Waals surface area contributed by atoms with Crippen LogP contribution in [0.5, 0.6) is 5.75 Å². The molecule has 1 aromatic carbocycles. The Morgan fingerprint density at radius 3 is 2.84 bits per heavy atom. The highest BCUT2D eigenvalue weighted by molar-refractivity contribution is 7.49. The first kappa shape index (κ1) is 24.0. The van der Waals surface area contributed by atoms with E-state index in [0.29, 0.717) is 17.0 Å². The van der Waals surface area contributed by atoms with E-state index < -0.39 is 32.0 Å². The van der Waals surface area contributed by atoms with Crippen molar-refractivity contribution in [1.29, 1.82) is 0 Å². The van der Waals surface area contributed by atoms with E-state index in [1.54, 1.807) is 6.07 Å². The molecule has 14 heteroatoms. The molecule has 170 valence electrons. The fourth-order valence-corrected chi connectivity index (χ4v) is 4.63. The lowest BCUT2D eigenvalue weighted by atomic mass is 10.2. The first-order chi connectivity index (χ1) is 14.6. The van der Waals surface area contributed by atoms with Gasteiger partial charge < -0.3 is 24.8 Å². The highest BCUT2D eigenvalue weighted by Gasteiger charge is 2.51. The van der Waals surface area contributed by atoms with E-state index in [4.69, 9.17) is 41.5 Å². The number of rotatable bonds is 7. The number of amides is 2. The van der Waals surface area contributed by atoms with Crippen LogP contribution in [-0.4, -0.2) is 52.8 Å². The molecule has 2 heterocycles. The van der Waals surface area contributed by atoms with Crippen molar-refractivity contribution in [2.75, 3.05) is 7.05 Å². The van der Waals surface area contributed by atoms with Gasteiger partial charge in [-0.3, -0.25) is 19.0 Å². The maximum absolute atomic E-state index is 12.8. The number of benzene rings is 1. The Morgan fingerprint density at radius 1 is 1.42 bits per heavy atom. The predicted octanol–water partition coefficient (Wildman–Crippen LogP) is 1.80. The van der Waals surface area contributed by atoms with E-state index in [2.05, 4.69) is 5.32 Å². The van der Waals surface area contributed by atoms with E-state index in [9.17, 15) is 24.4 Å². The van der Waals surface area contributed by atoms with Crippen molar-refractivity contribution in [3.8, 4) is 5.75 Å². The van der Waals surface area contributed by atoms with Gasteiger partial charge >= 0.3 is 13.8 Å². The molecule has 0 aliphatic carbocycles. The Kier molecular flexibility index (Phi) is 7.29. The molecule has 0 saturated carbocycles. The van der Waals surface area contributed by atoms with Gasteiger partial charge in [0.15, 0.2) is 0 Å². The number of hydrogen-bond donors (Lipinski definition) is 3. The molecule has 1 aromatic rings. The SMILES string of the molecule is CNC(=O)/C(Cl)=C\N(C=O)C1CCC(C(O)(O)OP2(=O)OCc3cc(Cl)ccc3O2)O1. The van der Waals surface area contributed by atoms with Crippen molar-refractivity contribution >= 4 is 43.3 Å². The second kappa shape index (κ2) is 9.43. The Balaban J connectivity index is 1.67. The number of phosphoric acid groups is 1. The summed E-state index contributed by atoms with van der Waals surface area (Å²) < 4.78 is 33.4. The summed E-state index contributed by atoms with van der Waals surface area (Å²) in [5.41, 5.74) is 0.502. The lowest BCUT2D eigenvalue weighted by Gasteiger charge is -2.33. The van der Waals surface area contributed by atoms with Crippen molar-refractivity contribution in [3.05, 3.63) is 40.0 Å². The fraction of sp³-hybridized carbons (Fsp3) is 0.412. The number of carbonyl (C=O) groups is 2. The van der Waals surface area contributed by atoms with Crippen molar-refractivity contribution < 1.29 is 42.7 Å². The lowest BCUT2D eigenvalue weighted by Crippen LogP contribution is -2.45. The Labute approximate surface area is 187 Å². The molecule has 3 N–H and O–H groups in total. The maximum Gasteiger partial charge on any atom is 0.534 e. The van der Waals surface area contributed by atoms with Gasteiger partial charge in [0.1, 0.15) is 23.1 Å². The average Bonchev–Trinajstić information content (AvgIpc) is 3.22. The standard InChI is InChI=1S/C17H19Cl2N2O9P/c1-20-16(23)12(19)7-21(9-22)15-5-4-14(28-15)17(24,25)30-31(26)27-8-10-6-11(18)2-3-13(10)29-31/h2-3,6-7,9,14-15,24-25H,4-5,8H2,1H3,(H,20,23)/b12-7+. The van der Waals surface area contributed by atoms with E-state index in [-0.39, 0.29) is 30.2 Å². The molecule has 2 aliphatic heterocycles. The third-order valence-electron chi connectivity index (χ3n) is 4.43. The van der Waals surface area contributed by atoms with Crippen LogP contribution in [0.1, 0.15) is 18.4 Å². The number of phosphoric ester groups is 1. The number of aliphatic hydroxyl groups is 2. The summed E-state index contributed by atoms with van der Waals surface area (Å²) in [7, 11) is -3.06. The molecule has 3 unspecified atom stereocenters. The van der Waals surface area contributed by atoms with Gasteiger partial charge in [-0.1, -0.05) is 23.2 Å². The Morgan fingerprint density at radius 2 is 2.16 bits per heavy atom. The molecule has 11 nitrogen and oxygen atoms in total. The van der Waals surface area contributed by atoms with Gasteiger partial charge in [-0.2, -0.15) is 0 Å². The maximum atomic E-state index is 12.8. The topological polar surface area (TPSA) is 144 Å². The smallest absolute Gasteiger partial charge is 0.404 e. The molecule has 2 amide bonds. The van der Waals surface area contributed by atoms with Crippen LogP contribution >= 0.6 is 31.0 Å². The number of likely N-dealkylation sites (N-methyl/N-ethyl adjacent to an activating group) is 1. The highest BCUT2D eigenvalue weighted by Crippen LogP contribution is 2.57. The van der Waals surface area contributed by atoms with E-state index in [1.807, 2.05) is 0 Å². The van der Waals surface area contributed by atoms with Gasteiger partial charge in [0.05, 0.1) is 6.61 Å². The van der Waals surface area contributed by atoms with Crippen LogP contribution in [0.4, 0.5) is 0 Å². The molecule has 0 radical (unpaired) electrons. The molecular formula is C17H19Cl2N2O9P. The summed E-state index contributed by atoms with van der Waals surface area (Å²) in [6, 6.07) is 4.48. The van der Waals surface area contributed by atoms with Crippen LogP contribution in [0.3, 0.4) is 0 Å². The summed E-state index contributed by atoms with van der Waals surface area (Å²) in [5, 5.41) is 23.1. The minimum Gasteiger partial charge on any atom is -0.404 e. The van der Waals surface area contributed by atoms with Gasteiger partial charge in [-0.25, -0.2) is 9.09 Å². The van der Waals surface area contributed by atoms with Crippen LogP contribution < -0.4 is 9.84 Å². The van der Waals surface area contributed by atoms with Crippen LogP contribution in [0.15, 0.2) is 29.4 Å². The van der Waals surface area contributed by atoms with Gasteiger partial charge in [0.25, 0.3) is 5.91 Å². The molecule has 1 saturated heterocycles. The van der Waals surface area contributed by atoms with Crippen molar-refractivity contribution in [2.45, 2.75) is 37.8 Å². The quantitative estimate of drug-likeness (QED) is 0.222. The summed E-state index contributed by atoms with van der Waals surface area (Å²) in [6.45, 7) is -0.195. The second-order valence-corrected chi connectivity index (χ2v) is 8.94. The largest absolute Gasteiger partial charge is 0.534 e. The number of carbonyl (C=O) groups excluding carboxylic acids is 2. The van der Waals surface area contributed by atoms with E-state index >= 15 is 0 Å². The van der Waals surface area contributed by atoms with Gasteiger partial charge in [0.2, 0.25) is 6.41 Å². The summed E-state index contributed by atoms with van der Waals surface area (Å²) in [6.07, 6.45) is -0.878. The Hall–Kier alpha value is -1.69. The van der Waals surface area contributed by atoms with Crippen molar-refractivity contribution in [3.63, 3.8) is 0 Å². The molecule has 2 aliphatic rings. The van der Waals surface area contributed by atoms with Crippen LogP contribution in [-0.2, 0) is 34.5 Å². The summed E-state index contributed by atoms with van der Waals surface area (Å²) in [5.74, 6) is -3.55. The number of halogens is 2. The van der Waals surface area contributed by atoms with Gasteiger partial charge in [-0.05, 0) is 31.0 Å². The third kappa shape index (κ3) is 5.57. The van der Waals surface area contributed by atoms with Crippen LogP contribution in [0.2, 0.25) is 5.02 Å². The van der Waals surface area contributed by atoms with Gasteiger partial charge in [0, 0.05) is 23.8 Å². The molecule has 3 atom stereocenters. The second-order valence-electron chi connectivity index (χ2n) is 6.58. The number of hydrogen-bond acceptors (Lipinski definition) is 9. The van der Waals surface area contributed by atoms with Crippen LogP contribution in [0, 0.1) is 0 Å². The summed E-state index contributed by atoms with van der Waals surface area (Å²) >= 11 is 11.7. The first-order valence-corrected chi connectivity index (χ1v) is 11.1. The first-order valence-electron chi connectivity index (χ1n) is 8.92. The van der Waals surface area contributed by atoms with Gasteiger partial charge in [-0.15, -0.1) is 0 Å². The number of fused-ring (bicyclic) bond motifs is 1. The number of ether oxygens (including phenoxy) is 1. The van der Waals surface area contributed by atoms with E-state index in [1.165, 1.54) is 19.2 Å².